The highest BCUT2D eigenvalue weighted by atomic mass is 16.5. The summed E-state index contributed by atoms with van der Waals surface area (Å²) in [7, 11) is 0. The van der Waals surface area contributed by atoms with Crippen molar-refractivity contribution in [3.05, 3.63) is 0 Å². The average molecular weight is 240 g/mol. The van der Waals surface area contributed by atoms with Crippen molar-refractivity contribution in [3.63, 3.8) is 0 Å². The highest BCUT2D eigenvalue weighted by Crippen LogP contribution is 2.19. The maximum atomic E-state index is 12.4. The van der Waals surface area contributed by atoms with Gasteiger partial charge in [-0.1, -0.05) is 6.92 Å². The van der Waals surface area contributed by atoms with Gasteiger partial charge in [0.1, 0.15) is 0 Å². The molecule has 2 atom stereocenters. The van der Waals surface area contributed by atoms with Crippen molar-refractivity contribution < 1.29 is 9.53 Å². The van der Waals surface area contributed by atoms with E-state index in [0.717, 1.165) is 39.1 Å². The van der Waals surface area contributed by atoms with Gasteiger partial charge >= 0.3 is 0 Å². The van der Waals surface area contributed by atoms with Crippen LogP contribution in [0.15, 0.2) is 0 Å². The van der Waals surface area contributed by atoms with Crippen LogP contribution >= 0.6 is 0 Å². The predicted octanol–water partition coefficient (Wildman–Crippen LogP) is 1.01. The molecular formula is C13H24N2O2. The molecule has 2 heterocycles. The van der Waals surface area contributed by atoms with Crippen molar-refractivity contribution in [1.29, 1.82) is 0 Å². The standard InChI is InChI=1S/C13H24N2O2/c1-10-7-14-13(2,3)12(16)15(8-10)9-11-5-4-6-17-11/h10-11,14H,4-9H2,1-3H3. The van der Waals surface area contributed by atoms with Crippen molar-refractivity contribution in [2.45, 2.75) is 45.3 Å². The van der Waals surface area contributed by atoms with Gasteiger partial charge < -0.3 is 15.0 Å². The van der Waals surface area contributed by atoms with E-state index in [-0.39, 0.29) is 12.0 Å². The summed E-state index contributed by atoms with van der Waals surface area (Å²) in [6.07, 6.45) is 2.47. The Morgan fingerprint density at radius 3 is 2.94 bits per heavy atom. The Morgan fingerprint density at radius 1 is 1.53 bits per heavy atom. The van der Waals surface area contributed by atoms with Gasteiger partial charge in [-0.25, -0.2) is 0 Å². The predicted molar refractivity (Wildman–Crippen MR) is 66.8 cm³/mol. The van der Waals surface area contributed by atoms with E-state index in [1.807, 2.05) is 18.7 Å². The number of amides is 1. The van der Waals surface area contributed by atoms with Gasteiger partial charge in [-0.05, 0) is 32.6 Å². The molecule has 0 saturated carbocycles. The fourth-order valence-corrected chi connectivity index (χ4v) is 2.62. The molecule has 1 N–H and O–H groups in total. The summed E-state index contributed by atoms with van der Waals surface area (Å²) in [4.78, 5) is 14.4. The lowest BCUT2D eigenvalue weighted by molar-refractivity contribution is -0.137. The first-order chi connectivity index (χ1) is 7.99. The van der Waals surface area contributed by atoms with Crippen LogP contribution in [0.4, 0.5) is 0 Å². The number of nitrogens with one attached hydrogen (secondary N) is 1. The van der Waals surface area contributed by atoms with Crippen molar-refractivity contribution in [3.8, 4) is 0 Å². The molecular weight excluding hydrogens is 216 g/mol. The molecule has 2 saturated heterocycles. The van der Waals surface area contributed by atoms with Crippen LogP contribution in [-0.4, -0.2) is 48.7 Å². The minimum atomic E-state index is -0.441. The Hall–Kier alpha value is -0.610. The van der Waals surface area contributed by atoms with E-state index in [9.17, 15) is 4.79 Å². The first kappa shape index (κ1) is 12.8. The van der Waals surface area contributed by atoms with Crippen molar-refractivity contribution in [2.24, 2.45) is 5.92 Å². The number of nitrogens with zero attached hydrogens (tertiary/aromatic N) is 1. The van der Waals surface area contributed by atoms with E-state index in [0.29, 0.717) is 5.92 Å². The lowest BCUT2D eigenvalue weighted by Gasteiger charge is -2.30. The van der Waals surface area contributed by atoms with Crippen molar-refractivity contribution in [1.82, 2.24) is 10.2 Å². The molecule has 0 bridgehead atoms. The molecule has 4 nitrogen and oxygen atoms in total. The Morgan fingerprint density at radius 2 is 2.29 bits per heavy atom. The fraction of sp³-hybridized carbons (Fsp3) is 0.923. The lowest BCUT2D eigenvalue weighted by atomic mass is 10.0. The second-order valence-electron chi connectivity index (χ2n) is 5.96. The van der Waals surface area contributed by atoms with Crippen molar-refractivity contribution in [2.75, 3.05) is 26.2 Å². The van der Waals surface area contributed by atoms with Crippen LogP contribution in [0.2, 0.25) is 0 Å². The molecule has 0 aromatic rings. The second kappa shape index (κ2) is 4.94. The number of rotatable bonds is 2. The van der Waals surface area contributed by atoms with Gasteiger partial charge in [-0.2, -0.15) is 0 Å². The molecule has 0 aromatic carbocycles. The number of ether oxygens (including phenoxy) is 1. The monoisotopic (exact) mass is 240 g/mol. The summed E-state index contributed by atoms with van der Waals surface area (Å²) < 4.78 is 5.63. The van der Waals surface area contributed by atoms with Gasteiger partial charge in [0, 0.05) is 26.2 Å². The van der Waals surface area contributed by atoms with Gasteiger partial charge in [0.25, 0.3) is 0 Å². The molecule has 98 valence electrons. The lowest BCUT2D eigenvalue weighted by Crippen LogP contribution is -2.52. The van der Waals surface area contributed by atoms with E-state index in [1.165, 1.54) is 0 Å². The molecule has 0 aliphatic carbocycles. The van der Waals surface area contributed by atoms with Crippen molar-refractivity contribution >= 4 is 5.91 Å². The summed E-state index contributed by atoms with van der Waals surface area (Å²) in [6.45, 7) is 9.48. The zero-order chi connectivity index (χ0) is 12.5. The van der Waals surface area contributed by atoms with Crippen LogP contribution in [-0.2, 0) is 9.53 Å². The third-order valence-electron chi connectivity index (χ3n) is 3.69. The normalized spacial score (nSPS) is 33.8. The minimum absolute atomic E-state index is 0.206. The number of carbonyl (C=O) groups excluding carboxylic acids is 1. The molecule has 4 heteroatoms. The summed E-state index contributed by atoms with van der Waals surface area (Å²) in [6, 6.07) is 0. The second-order valence-corrected chi connectivity index (χ2v) is 5.96. The molecule has 0 radical (unpaired) electrons. The summed E-state index contributed by atoms with van der Waals surface area (Å²) >= 11 is 0. The smallest absolute Gasteiger partial charge is 0.242 e. The van der Waals surface area contributed by atoms with E-state index < -0.39 is 5.54 Å². The average Bonchev–Trinajstić information content (AvgIpc) is 2.74. The highest BCUT2D eigenvalue weighted by Gasteiger charge is 2.36. The first-order valence-corrected chi connectivity index (χ1v) is 6.65. The Kier molecular flexibility index (Phi) is 3.73. The maximum absolute atomic E-state index is 12.4. The van der Waals surface area contributed by atoms with E-state index in [4.69, 9.17) is 4.74 Å². The zero-order valence-electron chi connectivity index (χ0n) is 11.2. The summed E-state index contributed by atoms with van der Waals surface area (Å²) in [5, 5.41) is 3.34. The van der Waals surface area contributed by atoms with Crippen LogP contribution in [0, 0.1) is 5.92 Å². The molecule has 2 aliphatic rings. The third-order valence-corrected chi connectivity index (χ3v) is 3.69. The van der Waals surface area contributed by atoms with Crippen LogP contribution in [0.3, 0.4) is 0 Å². The van der Waals surface area contributed by atoms with Crippen LogP contribution in [0.1, 0.15) is 33.6 Å². The van der Waals surface area contributed by atoms with Crippen LogP contribution < -0.4 is 5.32 Å². The molecule has 2 rings (SSSR count). The third kappa shape index (κ3) is 2.99. The molecule has 0 aromatic heterocycles. The Labute approximate surface area is 104 Å². The van der Waals surface area contributed by atoms with Crippen LogP contribution in [0.25, 0.3) is 0 Å². The molecule has 2 aliphatic heterocycles. The topological polar surface area (TPSA) is 41.6 Å². The SMILES string of the molecule is CC1CNC(C)(C)C(=O)N(CC2CCCO2)C1. The van der Waals surface area contributed by atoms with Crippen LogP contribution in [0.5, 0.6) is 0 Å². The quantitative estimate of drug-likeness (QED) is 0.783. The summed E-state index contributed by atoms with van der Waals surface area (Å²) in [5.41, 5.74) is -0.441. The zero-order valence-corrected chi connectivity index (χ0v) is 11.2. The molecule has 2 fully saturated rings. The van der Waals surface area contributed by atoms with Gasteiger partial charge in [-0.3, -0.25) is 4.79 Å². The number of hydrogen-bond acceptors (Lipinski definition) is 3. The minimum Gasteiger partial charge on any atom is -0.376 e. The maximum Gasteiger partial charge on any atom is 0.242 e. The van der Waals surface area contributed by atoms with E-state index >= 15 is 0 Å². The fourth-order valence-electron chi connectivity index (χ4n) is 2.62. The molecule has 1 amide bonds. The molecule has 2 unspecified atom stereocenters. The van der Waals surface area contributed by atoms with E-state index in [2.05, 4.69) is 12.2 Å². The molecule has 17 heavy (non-hydrogen) atoms. The number of hydrogen-bond donors (Lipinski definition) is 1. The highest BCUT2D eigenvalue weighted by molar-refractivity contribution is 5.85. The summed E-state index contributed by atoms with van der Waals surface area (Å²) in [5.74, 6) is 0.708. The molecule has 0 spiro atoms. The largest absolute Gasteiger partial charge is 0.376 e. The van der Waals surface area contributed by atoms with Gasteiger partial charge in [-0.15, -0.1) is 0 Å². The van der Waals surface area contributed by atoms with Gasteiger partial charge in [0.2, 0.25) is 5.91 Å². The number of carbonyl (C=O) groups is 1. The first-order valence-electron chi connectivity index (χ1n) is 6.65. The Balaban J connectivity index is 2.03. The van der Waals surface area contributed by atoms with Gasteiger partial charge in [0.05, 0.1) is 11.6 Å². The Bertz CT molecular complexity index is 285. The van der Waals surface area contributed by atoms with Gasteiger partial charge in [0.15, 0.2) is 0 Å². The van der Waals surface area contributed by atoms with E-state index in [1.54, 1.807) is 0 Å².